The zero-order valence-electron chi connectivity index (χ0n) is 17.2. The van der Waals surface area contributed by atoms with Crippen LogP contribution in [0.3, 0.4) is 0 Å². The Hall–Kier alpha value is -4.06. The van der Waals surface area contributed by atoms with Crippen LogP contribution >= 0.6 is 0 Å². The van der Waals surface area contributed by atoms with Gasteiger partial charge in [-0.2, -0.15) is 0 Å². The number of pyridine rings is 1. The number of benzene rings is 3. The second kappa shape index (κ2) is 8.36. The van der Waals surface area contributed by atoms with E-state index in [1.807, 2.05) is 42.5 Å². The predicted octanol–water partition coefficient (Wildman–Crippen LogP) is 5.26. The number of nitrogens with one attached hydrogen (secondary N) is 2. The number of para-hydroxylation sites is 1. The Labute approximate surface area is 180 Å². The van der Waals surface area contributed by atoms with E-state index < -0.39 is 0 Å². The molecule has 0 radical (unpaired) electrons. The van der Waals surface area contributed by atoms with Gasteiger partial charge in [0.15, 0.2) is 5.82 Å². The minimum Gasteiger partial charge on any atom is -0.366 e. The Morgan fingerprint density at radius 1 is 0.839 bits per heavy atom. The molecule has 0 aliphatic rings. The SMILES string of the molecule is CCc1cc(CNc2ccc3ccccc3n2)ccc1-c1ccccc1-c1nnn[nH]1. The monoisotopic (exact) mass is 406 g/mol. The maximum absolute atomic E-state index is 4.70. The second-order valence-electron chi connectivity index (χ2n) is 7.38. The van der Waals surface area contributed by atoms with Gasteiger partial charge in [-0.3, -0.25) is 0 Å². The third-order valence-electron chi connectivity index (χ3n) is 5.44. The molecule has 2 N–H and O–H groups in total. The first-order chi connectivity index (χ1) is 15.3. The van der Waals surface area contributed by atoms with Crippen LogP contribution in [0.1, 0.15) is 18.1 Å². The average molecular weight is 406 g/mol. The number of aromatic nitrogens is 5. The van der Waals surface area contributed by atoms with Gasteiger partial charge in [0.2, 0.25) is 0 Å². The largest absolute Gasteiger partial charge is 0.366 e. The van der Waals surface area contributed by atoms with Crippen molar-refractivity contribution >= 4 is 16.7 Å². The summed E-state index contributed by atoms with van der Waals surface area (Å²) in [7, 11) is 0. The molecule has 0 atom stereocenters. The molecule has 0 saturated heterocycles. The molecule has 0 amide bonds. The highest BCUT2D eigenvalue weighted by atomic mass is 15.5. The van der Waals surface area contributed by atoms with Crippen LogP contribution in [0.2, 0.25) is 0 Å². The molecule has 5 rings (SSSR count). The third-order valence-corrected chi connectivity index (χ3v) is 5.44. The molecule has 6 nitrogen and oxygen atoms in total. The highest BCUT2D eigenvalue weighted by Gasteiger charge is 2.13. The molecule has 0 spiro atoms. The van der Waals surface area contributed by atoms with Crippen molar-refractivity contribution in [1.82, 2.24) is 25.6 Å². The van der Waals surface area contributed by atoms with Crippen molar-refractivity contribution in [3.05, 3.63) is 90.0 Å². The van der Waals surface area contributed by atoms with Crippen LogP contribution in [0.5, 0.6) is 0 Å². The van der Waals surface area contributed by atoms with Gasteiger partial charge in [-0.15, -0.1) is 5.10 Å². The first-order valence-corrected chi connectivity index (χ1v) is 10.4. The minimum atomic E-state index is 0.672. The molecule has 2 heterocycles. The van der Waals surface area contributed by atoms with Crippen molar-refractivity contribution in [1.29, 1.82) is 0 Å². The first kappa shape index (κ1) is 18.9. The van der Waals surface area contributed by atoms with Crippen LogP contribution in [0.25, 0.3) is 33.4 Å². The van der Waals surface area contributed by atoms with E-state index in [-0.39, 0.29) is 0 Å². The van der Waals surface area contributed by atoms with Crippen LogP contribution in [0, 0.1) is 0 Å². The molecular weight excluding hydrogens is 384 g/mol. The van der Waals surface area contributed by atoms with Gasteiger partial charge < -0.3 is 5.32 Å². The molecule has 6 heteroatoms. The van der Waals surface area contributed by atoms with E-state index in [2.05, 4.69) is 69.3 Å². The molecule has 0 aliphatic carbocycles. The lowest BCUT2D eigenvalue weighted by Gasteiger charge is -2.14. The van der Waals surface area contributed by atoms with Gasteiger partial charge in [-0.1, -0.05) is 67.6 Å². The fourth-order valence-corrected chi connectivity index (χ4v) is 3.87. The standard InChI is InChI=1S/C25H22N6/c1-2-18-15-17(16-26-24-14-12-19-7-3-6-10-23(19)27-24)11-13-20(18)21-8-4-5-9-22(21)25-28-30-31-29-25/h3-15H,2,16H2,1H3,(H,26,27)(H,28,29,30,31). The Balaban J connectivity index is 1.42. The van der Waals surface area contributed by atoms with Crippen molar-refractivity contribution in [3.8, 4) is 22.5 Å². The number of anilines is 1. The maximum atomic E-state index is 4.70. The van der Waals surface area contributed by atoms with E-state index in [1.54, 1.807) is 0 Å². The molecule has 2 aromatic heterocycles. The summed E-state index contributed by atoms with van der Waals surface area (Å²) in [6.45, 7) is 2.89. The molecule has 0 aliphatic heterocycles. The van der Waals surface area contributed by atoms with Crippen molar-refractivity contribution in [2.75, 3.05) is 5.32 Å². The van der Waals surface area contributed by atoms with Gasteiger partial charge in [0.05, 0.1) is 5.52 Å². The lowest BCUT2D eigenvalue weighted by molar-refractivity contribution is 0.881. The third kappa shape index (κ3) is 3.88. The molecule has 0 unspecified atom stereocenters. The number of fused-ring (bicyclic) bond motifs is 1. The number of hydrogen-bond acceptors (Lipinski definition) is 5. The summed E-state index contributed by atoms with van der Waals surface area (Å²) in [5.74, 6) is 1.55. The van der Waals surface area contributed by atoms with Gasteiger partial charge in [-0.25, -0.2) is 10.1 Å². The van der Waals surface area contributed by atoms with Crippen LogP contribution in [-0.4, -0.2) is 25.6 Å². The van der Waals surface area contributed by atoms with E-state index in [0.717, 1.165) is 34.3 Å². The van der Waals surface area contributed by atoms with Crippen LogP contribution < -0.4 is 5.32 Å². The van der Waals surface area contributed by atoms with Crippen molar-refractivity contribution < 1.29 is 0 Å². The lowest BCUT2D eigenvalue weighted by atomic mass is 9.92. The molecule has 0 bridgehead atoms. The molecule has 31 heavy (non-hydrogen) atoms. The first-order valence-electron chi connectivity index (χ1n) is 10.4. The van der Waals surface area contributed by atoms with Gasteiger partial charge in [0.1, 0.15) is 5.82 Å². The zero-order valence-corrected chi connectivity index (χ0v) is 17.2. The predicted molar refractivity (Wildman–Crippen MR) is 123 cm³/mol. The Morgan fingerprint density at radius 2 is 1.68 bits per heavy atom. The Bertz CT molecular complexity index is 1330. The molecule has 0 saturated carbocycles. The summed E-state index contributed by atoms with van der Waals surface area (Å²) in [6.07, 6.45) is 0.931. The summed E-state index contributed by atoms with van der Waals surface area (Å²) in [6, 6.07) is 27.1. The summed E-state index contributed by atoms with van der Waals surface area (Å²) in [5.41, 5.74) is 6.81. The summed E-state index contributed by atoms with van der Waals surface area (Å²) >= 11 is 0. The number of H-pyrrole nitrogens is 1. The van der Waals surface area contributed by atoms with E-state index in [4.69, 9.17) is 4.98 Å². The maximum Gasteiger partial charge on any atom is 0.180 e. The number of aromatic amines is 1. The second-order valence-corrected chi connectivity index (χ2v) is 7.38. The highest BCUT2D eigenvalue weighted by molar-refractivity contribution is 5.82. The van der Waals surface area contributed by atoms with Crippen molar-refractivity contribution in [3.63, 3.8) is 0 Å². The number of rotatable bonds is 6. The van der Waals surface area contributed by atoms with Gasteiger partial charge >= 0.3 is 0 Å². The number of aryl methyl sites for hydroxylation is 1. The van der Waals surface area contributed by atoms with Gasteiger partial charge in [-0.05, 0) is 57.3 Å². The highest BCUT2D eigenvalue weighted by Crippen LogP contribution is 2.33. The van der Waals surface area contributed by atoms with Gasteiger partial charge in [0.25, 0.3) is 0 Å². The summed E-state index contributed by atoms with van der Waals surface area (Å²) in [4.78, 5) is 4.70. The van der Waals surface area contributed by atoms with Crippen molar-refractivity contribution in [2.45, 2.75) is 19.9 Å². The molecule has 5 aromatic rings. The normalized spacial score (nSPS) is 11.0. The number of hydrogen-bond donors (Lipinski definition) is 2. The molecule has 3 aromatic carbocycles. The van der Waals surface area contributed by atoms with E-state index in [1.165, 1.54) is 16.7 Å². The minimum absolute atomic E-state index is 0.672. The van der Waals surface area contributed by atoms with E-state index in [9.17, 15) is 0 Å². The smallest absolute Gasteiger partial charge is 0.180 e. The van der Waals surface area contributed by atoms with Crippen molar-refractivity contribution in [2.24, 2.45) is 0 Å². The Kier molecular flexibility index (Phi) is 5.10. The average Bonchev–Trinajstić information content (AvgIpc) is 3.37. The summed E-state index contributed by atoms with van der Waals surface area (Å²) in [5, 5.41) is 19.0. The van der Waals surface area contributed by atoms with Gasteiger partial charge in [0, 0.05) is 17.5 Å². The van der Waals surface area contributed by atoms with Crippen LogP contribution in [0.4, 0.5) is 5.82 Å². The quantitative estimate of drug-likeness (QED) is 0.402. The molecule has 0 fully saturated rings. The summed E-state index contributed by atoms with van der Waals surface area (Å²) < 4.78 is 0. The fraction of sp³-hybridized carbons (Fsp3) is 0.120. The Morgan fingerprint density at radius 3 is 2.52 bits per heavy atom. The van der Waals surface area contributed by atoms with E-state index in [0.29, 0.717) is 12.4 Å². The number of tetrazole rings is 1. The topological polar surface area (TPSA) is 79.4 Å². The van der Waals surface area contributed by atoms with Crippen LogP contribution in [0.15, 0.2) is 78.9 Å². The lowest BCUT2D eigenvalue weighted by Crippen LogP contribution is -2.02. The molecule has 152 valence electrons. The zero-order chi connectivity index (χ0) is 21.0. The van der Waals surface area contributed by atoms with Crippen LogP contribution in [-0.2, 0) is 13.0 Å². The molecular formula is C25H22N6. The number of nitrogens with zero attached hydrogens (tertiary/aromatic N) is 4. The fourth-order valence-electron chi connectivity index (χ4n) is 3.87. The van der Waals surface area contributed by atoms with E-state index >= 15 is 0 Å².